The summed E-state index contributed by atoms with van der Waals surface area (Å²) < 4.78 is 1.27. The fourth-order valence-corrected chi connectivity index (χ4v) is 2.13. The first kappa shape index (κ1) is 14.8. The van der Waals surface area contributed by atoms with Crippen LogP contribution in [0.3, 0.4) is 0 Å². The highest BCUT2D eigenvalue weighted by Gasteiger charge is 2.19. The monoisotopic (exact) mass is 287 g/mol. The molecule has 110 valence electrons. The summed E-state index contributed by atoms with van der Waals surface area (Å²) in [6.45, 7) is 1.71. The number of nitrogens with one attached hydrogen (secondary N) is 1. The van der Waals surface area contributed by atoms with Crippen molar-refractivity contribution in [3.63, 3.8) is 0 Å². The number of carboxylic acid groups (broad SMARTS) is 1. The molecule has 1 heterocycles. The number of hydrogen-bond acceptors (Lipinski definition) is 3. The number of aromatic nitrogens is 2. The third-order valence-electron chi connectivity index (χ3n) is 3.12. The van der Waals surface area contributed by atoms with E-state index < -0.39 is 5.97 Å². The lowest BCUT2D eigenvalue weighted by molar-refractivity contribution is -0.137. The molecule has 21 heavy (non-hydrogen) atoms. The van der Waals surface area contributed by atoms with Gasteiger partial charge in [0.1, 0.15) is 6.54 Å². The van der Waals surface area contributed by atoms with Gasteiger partial charge in [-0.05, 0) is 12.0 Å². The van der Waals surface area contributed by atoms with Gasteiger partial charge in [-0.3, -0.25) is 14.3 Å². The van der Waals surface area contributed by atoms with Gasteiger partial charge in [-0.1, -0.05) is 37.3 Å². The van der Waals surface area contributed by atoms with Gasteiger partial charge >= 0.3 is 5.97 Å². The van der Waals surface area contributed by atoms with Crippen molar-refractivity contribution in [1.82, 2.24) is 9.78 Å². The van der Waals surface area contributed by atoms with Crippen LogP contribution in [-0.2, 0) is 16.1 Å². The first-order chi connectivity index (χ1) is 10.1. The van der Waals surface area contributed by atoms with Gasteiger partial charge in [-0.15, -0.1) is 0 Å². The topological polar surface area (TPSA) is 84.2 Å². The van der Waals surface area contributed by atoms with Crippen molar-refractivity contribution in [1.29, 1.82) is 0 Å². The number of hydrogen-bond donors (Lipinski definition) is 2. The largest absolute Gasteiger partial charge is 0.480 e. The van der Waals surface area contributed by atoms with Crippen LogP contribution >= 0.6 is 0 Å². The molecule has 2 rings (SSSR count). The van der Waals surface area contributed by atoms with Gasteiger partial charge in [0.25, 0.3) is 0 Å². The molecule has 1 aromatic heterocycles. The van der Waals surface area contributed by atoms with E-state index in [1.165, 1.54) is 10.9 Å². The number of aliphatic carboxylic acids is 1. The molecule has 1 aromatic carbocycles. The molecule has 0 aliphatic heterocycles. The van der Waals surface area contributed by atoms with Gasteiger partial charge in [0.15, 0.2) is 5.82 Å². The van der Waals surface area contributed by atoms with Crippen LogP contribution in [-0.4, -0.2) is 26.8 Å². The smallest absolute Gasteiger partial charge is 0.325 e. The highest BCUT2D eigenvalue weighted by molar-refractivity contribution is 5.95. The van der Waals surface area contributed by atoms with E-state index in [1.54, 1.807) is 6.07 Å². The summed E-state index contributed by atoms with van der Waals surface area (Å²) in [7, 11) is 0. The first-order valence-electron chi connectivity index (χ1n) is 6.71. The zero-order valence-corrected chi connectivity index (χ0v) is 11.7. The molecule has 0 spiro atoms. The number of amides is 1. The van der Waals surface area contributed by atoms with Crippen LogP contribution in [0.1, 0.15) is 24.8 Å². The molecule has 6 heteroatoms. The molecular formula is C15H17N3O3. The quantitative estimate of drug-likeness (QED) is 0.852. The summed E-state index contributed by atoms with van der Waals surface area (Å²) in [6.07, 6.45) is 2.19. The Bertz CT molecular complexity index is 622. The maximum Gasteiger partial charge on any atom is 0.325 e. The summed E-state index contributed by atoms with van der Waals surface area (Å²) in [6, 6.07) is 11.1. The summed E-state index contributed by atoms with van der Waals surface area (Å²) >= 11 is 0. The standard InChI is InChI=1S/C15H17N3O3/c1-2-12(11-6-4-3-5-7-11)15(21)16-13-8-9-18(17-13)10-14(19)20/h3-9,12H,2,10H2,1H3,(H,19,20)(H,16,17,21). The summed E-state index contributed by atoms with van der Waals surface area (Å²) in [4.78, 5) is 22.9. The minimum absolute atomic E-state index is 0.149. The van der Waals surface area contributed by atoms with Gasteiger partial charge in [0, 0.05) is 12.3 Å². The van der Waals surface area contributed by atoms with Crippen molar-refractivity contribution in [2.24, 2.45) is 0 Å². The lowest BCUT2D eigenvalue weighted by atomic mass is 9.96. The Labute approximate surface area is 122 Å². The van der Waals surface area contributed by atoms with E-state index in [4.69, 9.17) is 5.11 Å². The minimum Gasteiger partial charge on any atom is -0.480 e. The van der Waals surface area contributed by atoms with Gasteiger partial charge < -0.3 is 10.4 Å². The van der Waals surface area contributed by atoms with E-state index in [2.05, 4.69) is 10.4 Å². The Balaban J connectivity index is 2.06. The Morgan fingerprint density at radius 2 is 2.00 bits per heavy atom. The van der Waals surface area contributed by atoms with Crippen LogP contribution < -0.4 is 5.32 Å². The molecule has 2 N–H and O–H groups in total. The van der Waals surface area contributed by atoms with Crippen molar-refractivity contribution in [2.75, 3.05) is 5.32 Å². The van der Waals surface area contributed by atoms with Gasteiger partial charge in [0.2, 0.25) is 5.91 Å². The zero-order valence-electron chi connectivity index (χ0n) is 11.7. The molecule has 1 atom stereocenters. The predicted molar refractivity (Wildman–Crippen MR) is 78.0 cm³/mol. The van der Waals surface area contributed by atoms with E-state index in [0.29, 0.717) is 12.2 Å². The molecule has 0 radical (unpaired) electrons. The number of anilines is 1. The normalized spacial score (nSPS) is 11.9. The molecule has 0 saturated heterocycles. The summed E-state index contributed by atoms with van der Waals surface area (Å²) in [5, 5.41) is 15.4. The van der Waals surface area contributed by atoms with Crippen LogP contribution in [0, 0.1) is 0 Å². The molecule has 0 fully saturated rings. The minimum atomic E-state index is -0.980. The Kier molecular flexibility index (Phi) is 4.71. The van der Waals surface area contributed by atoms with Gasteiger partial charge in [-0.2, -0.15) is 5.10 Å². The highest BCUT2D eigenvalue weighted by Crippen LogP contribution is 2.20. The molecule has 1 amide bonds. The summed E-state index contributed by atoms with van der Waals surface area (Å²) in [5.41, 5.74) is 0.947. The average Bonchev–Trinajstić information content (AvgIpc) is 2.87. The van der Waals surface area contributed by atoms with E-state index in [-0.39, 0.29) is 18.4 Å². The zero-order chi connectivity index (χ0) is 15.2. The van der Waals surface area contributed by atoms with E-state index in [0.717, 1.165) is 5.56 Å². The van der Waals surface area contributed by atoms with Crippen molar-refractivity contribution >= 4 is 17.7 Å². The predicted octanol–water partition coefficient (Wildman–Crippen LogP) is 2.10. The van der Waals surface area contributed by atoms with E-state index in [9.17, 15) is 9.59 Å². The van der Waals surface area contributed by atoms with Crippen molar-refractivity contribution in [3.8, 4) is 0 Å². The lowest BCUT2D eigenvalue weighted by Crippen LogP contribution is -2.21. The van der Waals surface area contributed by atoms with Crippen molar-refractivity contribution < 1.29 is 14.7 Å². The first-order valence-corrected chi connectivity index (χ1v) is 6.71. The number of carbonyl (C=O) groups excluding carboxylic acids is 1. The van der Waals surface area contributed by atoms with Crippen LogP contribution in [0.2, 0.25) is 0 Å². The second-order valence-electron chi connectivity index (χ2n) is 4.65. The molecule has 2 aromatic rings. The fraction of sp³-hybridized carbons (Fsp3) is 0.267. The number of rotatable bonds is 6. The fourth-order valence-electron chi connectivity index (χ4n) is 2.13. The van der Waals surface area contributed by atoms with Crippen molar-refractivity contribution in [3.05, 3.63) is 48.2 Å². The second kappa shape index (κ2) is 6.69. The molecule has 0 saturated carbocycles. The molecule has 6 nitrogen and oxygen atoms in total. The lowest BCUT2D eigenvalue weighted by Gasteiger charge is -2.14. The Hall–Kier alpha value is -2.63. The third kappa shape index (κ3) is 3.92. The van der Waals surface area contributed by atoms with Gasteiger partial charge in [-0.25, -0.2) is 0 Å². The van der Waals surface area contributed by atoms with Crippen LogP contribution in [0.5, 0.6) is 0 Å². The third-order valence-corrected chi connectivity index (χ3v) is 3.12. The molecule has 0 aliphatic rings. The second-order valence-corrected chi connectivity index (χ2v) is 4.65. The maximum atomic E-state index is 12.3. The number of carboxylic acids is 1. The number of nitrogens with zero attached hydrogens (tertiary/aromatic N) is 2. The summed E-state index contributed by atoms with van der Waals surface area (Å²) in [5.74, 6) is -1.03. The van der Waals surface area contributed by atoms with Crippen LogP contribution in [0.4, 0.5) is 5.82 Å². The Morgan fingerprint density at radius 1 is 1.29 bits per heavy atom. The van der Waals surface area contributed by atoms with Crippen LogP contribution in [0.15, 0.2) is 42.6 Å². The highest BCUT2D eigenvalue weighted by atomic mass is 16.4. The van der Waals surface area contributed by atoms with Crippen molar-refractivity contribution in [2.45, 2.75) is 25.8 Å². The SMILES string of the molecule is CCC(C(=O)Nc1ccn(CC(=O)O)n1)c1ccccc1. The molecule has 1 unspecified atom stereocenters. The Morgan fingerprint density at radius 3 is 2.62 bits per heavy atom. The van der Waals surface area contributed by atoms with E-state index in [1.807, 2.05) is 37.3 Å². The van der Waals surface area contributed by atoms with Gasteiger partial charge in [0.05, 0.1) is 5.92 Å². The number of carbonyl (C=O) groups is 2. The average molecular weight is 287 g/mol. The molecule has 0 bridgehead atoms. The van der Waals surface area contributed by atoms with E-state index >= 15 is 0 Å². The molecular weight excluding hydrogens is 270 g/mol. The maximum absolute atomic E-state index is 12.3. The number of benzene rings is 1. The van der Waals surface area contributed by atoms with Crippen LogP contribution in [0.25, 0.3) is 0 Å². The molecule has 0 aliphatic carbocycles.